The van der Waals surface area contributed by atoms with Crippen LogP contribution in [-0.4, -0.2) is 45.4 Å². The van der Waals surface area contributed by atoms with Gasteiger partial charge in [-0.1, -0.05) is 64.8 Å². The molecule has 3 aromatic carbocycles. The summed E-state index contributed by atoms with van der Waals surface area (Å²) in [5.74, 6) is 0.170. The molecule has 3 atom stereocenters. The second-order valence-electron chi connectivity index (χ2n) is 11.8. The molecule has 2 bridgehead atoms. The molecular formula is C34H31Cl2N3O5. The predicted octanol–water partition coefficient (Wildman–Crippen LogP) is 8.64. The Kier molecular flexibility index (Phi) is 7.83. The van der Waals surface area contributed by atoms with Crippen molar-refractivity contribution in [2.75, 3.05) is 5.32 Å². The summed E-state index contributed by atoms with van der Waals surface area (Å²) in [6.07, 6.45) is 5.36. The Hall–Kier alpha value is -3.85. The minimum atomic E-state index is -1.01. The first-order valence-electron chi connectivity index (χ1n) is 14.9. The van der Waals surface area contributed by atoms with Crippen LogP contribution in [0.15, 0.2) is 71.3 Å². The Morgan fingerprint density at radius 3 is 2.32 bits per heavy atom. The van der Waals surface area contributed by atoms with E-state index in [0.29, 0.717) is 45.1 Å². The third-order valence-corrected chi connectivity index (χ3v) is 9.57. The molecule has 1 saturated carbocycles. The number of fused-ring (bicyclic) bond motifs is 2. The number of hydrogen-bond acceptors (Lipinski definition) is 5. The van der Waals surface area contributed by atoms with Crippen molar-refractivity contribution in [2.24, 2.45) is 0 Å². The molecule has 10 heteroatoms. The number of carbonyl (C=O) groups is 2. The summed E-state index contributed by atoms with van der Waals surface area (Å²) in [4.78, 5) is 27.4. The van der Waals surface area contributed by atoms with Crippen LogP contribution in [0.25, 0.3) is 22.4 Å². The first-order chi connectivity index (χ1) is 21.4. The monoisotopic (exact) mass is 631 g/mol. The average Bonchev–Trinajstić information content (AvgIpc) is 3.72. The van der Waals surface area contributed by atoms with Gasteiger partial charge in [-0.25, -0.2) is 9.59 Å². The highest BCUT2D eigenvalue weighted by atomic mass is 35.5. The highest BCUT2D eigenvalue weighted by molar-refractivity contribution is 6.39. The Balaban J connectivity index is 1.05. The summed E-state index contributed by atoms with van der Waals surface area (Å²) in [7, 11) is 0. The second kappa shape index (κ2) is 11.9. The van der Waals surface area contributed by atoms with E-state index in [1.54, 1.807) is 36.4 Å². The van der Waals surface area contributed by atoms with E-state index in [4.69, 9.17) is 32.5 Å². The summed E-state index contributed by atoms with van der Waals surface area (Å²) >= 11 is 13.0. The molecule has 0 spiro atoms. The van der Waals surface area contributed by atoms with Crippen LogP contribution in [0, 0.1) is 0 Å². The maximum absolute atomic E-state index is 13.6. The molecule has 8 nitrogen and oxygen atoms in total. The number of carboxylic acids is 1. The minimum Gasteiger partial charge on any atom is -0.478 e. The number of benzene rings is 3. The summed E-state index contributed by atoms with van der Waals surface area (Å²) < 4.78 is 12.3. The molecule has 2 amide bonds. The van der Waals surface area contributed by atoms with Crippen LogP contribution in [-0.2, 0) is 11.3 Å². The molecule has 2 saturated heterocycles. The van der Waals surface area contributed by atoms with Crippen LogP contribution in [0.1, 0.15) is 66.1 Å². The van der Waals surface area contributed by atoms with Gasteiger partial charge in [-0.15, -0.1) is 0 Å². The van der Waals surface area contributed by atoms with Crippen LogP contribution < -0.4 is 5.32 Å². The number of ether oxygens (including phenoxy) is 1. The standard InChI is InChI=1S/C34H31Cl2N3O5/c35-28-7-4-8-29(36)30(28)31-27(32(44-38-31)20-9-10-20)18-43-24-16-22-12-13-23(17-24)39(22)34(42)37-21-11-14-25(33(40)41)26(15-21)19-5-2-1-3-6-19/h1-8,11,14-15,20,22-24H,9-10,12-13,16-18H2,(H,37,42)(H,40,41)/t22-,23?,24?/m0/s1. The molecule has 3 fully saturated rings. The summed E-state index contributed by atoms with van der Waals surface area (Å²) in [6.45, 7) is 0.334. The predicted molar refractivity (Wildman–Crippen MR) is 168 cm³/mol. The molecule has 3 aliphatic rings. The van der Waals surface area contributed by atoms with Crippen LogP contribution in [0.3, 0.4) is 0 Å². The average molecular weight is 633 g/mol. The number of piperidine rings is 1. The fraction of sp³-hybridized carbons (Fsp3) is 0.324. The van der Waals surface area contributed by atoms with Gasteiger partial charge in [0.05, 0.1) is 28.3 Å². The number of rotatable bonds is 8. The van der Waals surface area contributed by atoms with Gasteiger partial charge in [0.15, 0.2) is 0 Å². The molecule has 44 heavy (non-hydrogen) atoms. The number of carboxylic acid groups (broad SMARTS) is 1. The molecule has 3 heterocycles. The summed E-state index contributed by atoms with van der Waals surface area (Å²) in [5.41, 5.74) is 4.26. The van der Waals surface area contributed by atoms with Crippen LogP contribution >= 0.6 is 23.2 Å². The van der Waals surface area contributed by atoms with Gasteiger partial charge < -0.3 is 24.6 Å². The van der Waals surface area contributed by atoms with Crippen LogP contribution in [0.2, 0.25) is 10.0 Å². The van der Waals surface area contributed by atoms with Crippen LogP contribution in [0.5, 0.6) is 0 Å². The lowest BCUT2D eigenvalue weighted by Gasteiger charge is -2.38. The number of urea groups is 1. The maximum atomic E-state index is 13.6. The fourth-order valence-electron chi connectivity index (χ4n) is 6.70. The quantitative estimate of drug-likeness (QED) is 0.202. The third kappa shape index (κ3) is 5.58. The summed E-state index contributed by atoms with van der Waals surface area (Å²) in [5, 5.41) is 18.2. The van der Waals surface area contributed by atoms with Crippen molar-refractivity contribution in [1.82, 2.24) is 10.1 Å². The van der Waals surface area contributed by atoms with Gasteiger partial charge in [0.2, 0.25) is 0 Å². The van der Waals surface area contributed by atoms with Gasteiger partial charge in [-0.3, -0.25) is 0 Å². The highest BCUT2D eigenvalue weighted by Crippen LogP contribution is 2.46. The first kappa shape index (κ1) is 28.9. The number of aromatic carboxylic acids is 1. The zero-order valence-corrected chi connectivity index (χ0v) is 25.4. The van der Waals surface area contributed by atoms with E-state index in [0.717, 1.165) is 55.4 Å². The third-order valence-electron chi connectivity index (χ3n) is 8.94. The van der Waals surface area contributed by atoms with Gasteiger partial charge in [0.25, 0.3) is 0 Å². The van der Waals surface area contributed by atoms with Crippen molar-refractivity contribution >= 4 is 40.9 Å². The van der Waals surface area contributed by atoms with E-state index >= 15 is 0 Å². The van der Waals surface area contributed by atoms with Gasteiger partial charge in [-0.2, -0.15) is 0 Å². The van der Waals surface area contributed by atoms with Crippen molar-refractivity contribution in [1.29, 1.82) is 0 Å². The number of halogens is 2. The molecule has 2 aliphatic heterocycles. The lowest BCUT2D eigenvalue weighted by Crippen LogP contribution is -2.50. The zero-order chi connectivity index (χ0) is 30.4. The van der Waals surface area contributed by atoms with E-state index in [9.17, 15) is 14.7 Å². The molecule has 2 N–H and O–H groups in total. The SMILES string of the molecule is O=C(O)c1ccc(NC(=O)N2C3CC[C@H]2CC(OCc2c(-c4c(Cl)cccc4Cl)noc2C2CC2)C3)cc1-c1ccccc1. The van der Waals surface area contributed by atoms with E-state index in [-0.39, 0.29) is 29.8 Å². The lowest BCUT2D eigenvalue weighted by molar-refractivity contribution is -0.0158. The molecule has 0 radical (unpaired) electrons. The van der Waals surface area contributed by atoms with Crippen molar-refractivity contribution in [3.05, 3.63) is 93.7 Å². The number of nitrogens with one attached hydrogen (secondary N) is 1. The molecule has 7 rings (SSSR count). The number of hydrogen-bond donors (Lipinski definition) is 2. The second-order valence-corrected chi connectivity index (χ2v) is 12.6. The lowest BCUT2D eigenvalue weighted by atomic mass is 9.98. The molecule has 4 aromatic rings. The van der Waals surface area contributed by atoms with Crippen molar-refractivity contribution in [2.45, 2.75) is 69.2 Å². The van der Waals surface area contributed by atoms with Gasteiger partial charge in [0, 0.05) is 34.8 Å². The number of anilines is 1. The van der Waals surface area contributed by atoms with E-state index in [2.05, 4.69) is 10.5 Å². The smallest absolute Gasteiger partial charge is 0.336 e. The van der Waals surface area contributed by atoms with Crippen molar-refractivity contribution < 1.29 is 24.0 Å². The summed E-state index contributed by atoms with van der Waals surface area (Å²) in [6, 6.07) is 19.5. The Labute approximate surface area is 264 Å². The molecule has 1 aromatic heterocycles. The molecule has 2 unspecified atom stereocenters. The highest BCUT2D eigenvalue weighted by Gasteiger charge is 2.44. The zero-order valence-electron chi connectivity index (χ0n) is 23.8. The van der Waals surface area contributed by atoms with Crippen molar-refractivity contribution in [3.8, 4) is 22.4 Å². The maximum Gasteiger partial charge on any atom is 0.336 e. The topological polar surface area (TPSA) is 105 Å². The largest absolute Gasteiger partial charge is 0.478 e. The number of amides is 2. The first-order valence-corrected chi connectivity index (χ1v) is 15.7. The normalized spacial score (nSPS) is 21.0. The fourth-order valence-corrected chi connectivity index (χ4v) is 7.27. The number of aromatic nitrogens is 1. The molecule has 1 aliphatic carbocycles. The van der Waals surface area contributed by atoms with Gasteiger partial charge in [-0.05, 0) is 80.0 Å². The van der Waals surface area contributed by atoms with Gasteiger partial charge >= 0.3 is 12.0 Å². The number of carbonyl (C=O) groups excluding carboxylic acids is 1. The Morgan fingerprint density at radius 2 is 1.66 bits per heavy atom. The van der Waals surface area contributed by atoms with E-state index in [1.165, 1.54) is 0 Å². The molecule has 226 valence electrons. The van der Waals surface area contributed by atoms with Crippen LogP contribution in [0.4, 0.5) is 10.5 Å². The number of nitrogens with zero attached hydrogens (tertiary/aromatic N) is 2. The van der Waals surface area contributed by atoms with E-state index < -0.39 is 5.97 Å². The molecular weight excluding hydrogens is 601 g/mol. The minimum absolute atomic E-state index is 0.0207. The van der Waals surface area contributed by atoms with Gasteiger partial charge in [0.1, 0.15) is 11.5 Å². The Morgan fingerprint density at radius 1 is 0.955 bits per heavy atom. The van der Waals surface area contributed by atoms with Crippen molar-refractivity contribution in [3.63, 3.8) is 0 Å². The Bertz CT molecular complexity index is 1690. The van der Waals surface area contributed by atoms with E-state index in [1.807, 2.05) is 35.2 Å².